The molecule has 1 heterocycles. The van der Waals surface area contributed by atoms with Gasteiger partial charge in [-0.05, 0) is 51.3 Å². The van der Waals surface area contributed by atoms with Gasteiger partial charge in [0.1, 0.15) is 5.82 Å². The van der Waals surface area contributed by atoms with Crippen LogP contribution in [0.2, 0.25) is 0 Å². The molecule has 0 bridgehead atoms. The first kappa shape index (κ1) is 15.3. The second kappa shape index (κ2) is 7.07. The Bertz CT molecular complexity index is 433. The van der Waals surface area contributed by atoms with E-state index in [1.807, 2.05) is 6.07 Å². The highest BCUT2D eigenvalue weighted by Gasteiger charge is 2.31. The predicted octanol–water partition coefficient (Wildman–Crippen LogP) is 4.09. The molecular formula is C17H27FN2. The summed E-state index contributed by atoms with van der Waals surface area (Å²) in [5.74, 6) is -0.0833. The summed E-state index contributed by atoms with van der Waals surface area (Å²) < 4.78 is 14.2. The van der Waals surface area contributed by atoms with E-state index in [1.165, 1.54) is 12.8 Å². The fourth-order valence-electron chi connectivity index (χ4n) is 3.26. The van der Waals surface area contributed by atoms with Crippen molar-refractivity contribution in [2.24, 2.45) is 0 Å². The Morgan fingerprint density at radius 2 is 2.10 bits per heavy atom. The minimum atomic E-state index is -0.0833. The third kappa shape index (κ3) is 3.14. The third-order valence-electron chi connectivity index (χ3n) is 4.36. The highest BCUT2D eigenvalue weighted by molar-refractivity contribution is 5.56. The van der Waals surface area contributed by atoms with E-state index in [-0.39, 0.29) is 5.82 Å². The van der Waals surface area contributed by atoms with Gasteiger partial charge in [-0.1, -0.05) is 19.9 Å². The number of rotatable bonds is 6. The fourth-order valence-corrected chi connectivity index (χ4v) is 3.26. The summed E-state index contributed by atoms with van der Waals surface area (Å²) in [5.41, 5.74) is 1.92. The number of benzene rings is 1. The molecule has 20 heavy (non-hydrogen) atoms. The van der Waals surface area contributed by atoms with Gasteiger partial charge in [0.25, 0.3) is 0 Å². The Kier molecular flexibility index (Phi) is 5.41. The Morgan fingerprint density at radius 1 is 1.30 bits per heavy atom. The summed E-state index contributed by atoms with van der Waals surface area (Å²) in [6, 6.07) is 6.56. The molecule has 1 aliphatic heterocycles. The SMILES string of the molecule is CCCNCc1c(F)cccc1N1C(C)CCC1CC. The molecule has 2 rings (SSSR count). The lowest BCUT2D eigenvalue weighted by molar-refractivity contribution is 0.574. The van der Waals surface area contributed by atoms with Crippen molar-refractivity contribution >= 4 is 5.69 Å². The molecule has 1 N–H and O–H groups in total. The van der Waals surface area contributed by atoms with Gasteiger partial charge in [0.15, 0.2) is 0 Å². The number of nitrogens with one attached hydrogen (secondary N) is 1. The standard InChI is InChI=1S/C17H27FN2/c1-4-11-19-12-15-16(18)7-6-8-17(15)20-13(3)9-10-14(20)5-2/h6-8,13-14,19H,4-5,9-12H2,1-3H3. The lowest BCUT2D eigenvalue weighted by Gasteiger charge is -2.32. The number of halogens is 1. The van der Waals surface area contributed by atoms with E-state index in [0.717, 1.165) is 30.6 Å². The van der Waals surface area contributed by atoms with Crippen LogP contribution in [0.1, 0.15) is 52.0 Å². The maximum atomic E-state index is 14.2. The lowest BCUT2D eigenvalue weighted by Crippen LogP contribution is -2.35. The Hall–Kier alpha value is -1.09. The molecule has 1 aromatic rings. The second-order valence-electron chi connectivity index (χ2n) is 5.81. The largest absolute Gasteiger partial charge is 0.366 e. The zero-order valence-corrected chi connectivity index (χ0v) is 13.0. The highest BCUT2D eigenvalue weighted by Crippen LogP contribution is 2.35. The predicted molar refractivity (Wildman–Crippen MR) is 83.7 cm³/mol. The molecule has 3 heteroatoms. The molecule has 0 spiro atoms. The molecule has 0 radical (unpaired) electrons. The Balaban J connectivity index is 2.27. The van der Waals surface area contributed by atoms with Gasteiger partial charge >= 0.3 is 0 Å². The Morgan fingerprint density at radius 3 is 2.80 bits per heavy atom. The van der Waals surface area contributed by atoms with Gasteiger partial charge in [-0.2, -0.15) is 0 Å². The first-order valence-corrected chi connectivity index (χ1v) is 7.95. The number of nitrogens with zero attached hydrogens (tertiary/aromatic N) is 1. The van der Waals surface area contributed by atoms with Crippen molar-refractivity contribution in [2.45, 2.75) is 65.1 Å². The number of anilines is 1. The molecule has 0 saturated carbocycles. The van der Waals surface area contributed by atoms with Crippen LogP contribution in [0.3, 0.4) is 0 Å². The second-order valence-corrected chi connectivity index (χ2v) is 5.81. The van der Waals surface area contributed by atoms with E-state index in [2.05, 4.69) is 37.1 Å². The fraction of sp³-hybridized carbons (Fsp3) is 0.647. The average molecular weight is 278 g/mol. The van der Waals surface area contributed by atoms with Gasteiger partial charge in [-0.3, -0.25) is 0 Å². The summed E-state index contributed by atoms with van der Waals surface area (Å²) in [5, 5.41) is 3.34. The lowest BCUT2D eigenvalue weighted by atomic mass is 10.1. The molecule has 2 nitrogen and oxygen atoms in total. The molecule has 1 fully saturated rings. The minimum Gasteiger partial charge on any atom is -0.366 e. The van der Waals surface area contributed by atoms with Crippen LogP contribution in [-0.2, 0) is 6.54 Å². The van der Waals surface area contributed by atoms with Crippen LogP contribution in [0.4, 0.5) is 10.1 Å². The molecule has 0 aromatic heterocycles. The maximum absolute atomic E-state index is 14.2. The van der Waals surface area contributed by atoms with Crippen LogP contribution in [0.25, 0.3) is 0 Å². The summed E-state index contributed by atoms with van der Waals surface area (Å²) in [6.45, 7) is 8.16. The van der Waals surface area contributed by atoms with Crippen LogP contribution in [0, 0.1) is 5.82 Å². The van der Waals surface area contributed by atoms with Crippen molar-refractivity contribution in [1.29, 1.82) is 0 Å². The van der Waals surface area contributed by atoms with Crippen LogP contribution in [0.15, 0.2) is 18.2 Å². The smallest absolute Gasteiger partial charge is 0.129 e. The van der Waals surface area contributed by atoms with Gasteiger partial charge < -0.3 is 10.2 Å². The van der Waals surface area contributed by atoms with E-state index in [9.17, 15) is 4.39 Å². The van der Waals surface area contributed by atoms with Gasteiger partial charge in [0.05, 0.1) is 0 Å². The van der Waals surface area contributed by atoms with Crippen LogP contribution >= 0.6 is 0 Å². The molecule has 1 aliphatic rings. The zero-order valence-electron chi connectivity index (χ0n) is 13.0. The first-order valence-electron chi connectivity index (χ1n) is 7.95. The van der Waals surface area contributed by atoms with E-state index in [1.54, 1.807) is 6.07 Å². The van der Waals surface area contributed by atoms with E-state index < -0.39 is 0 Å². The van der Waals surface area contributed by atoms with Crippen molar-refractivity contribution in [3.63, 3.8) is 0 Å². The van der Waals surface area contributed by atoms with E-state index in [0.29, 0.717) is 18.6 Å². The molecule has 1 saturated heterocycles. The molecule has 2 unspecified atom stereocenters. The van der Waals surface area contributed by atoms with Crippen molar-refractivity contribution in [3.05, 3.63) is 29.6 Å². The third-order valence-corrected chi connectivity index (χ3v) is 4.36. The molecule has 112 valence electrons. The number of hydrogen-bond acceptors (Lipinski definition) is 2. The quantitative estimate of drug-likeness (QED) is 0.788. The van der Waals surface area contributed by atoms with E-state index in [4.69, 9.17) is 0 Å². The molecule has 0 amide bonds. The van der Waals surface area contributed by atoms with Crippen molar-refractivity contribution in [1.82, 2.24) is 5.32 Å². The maximum Gasteiger partial charge on any atom is 0.129 e. The first-order chi connectivity index (χ1) is 9.69. The van der Waals surface area contributed by atoms with Crippen molar-refractivity contribution in [3.8, 4) is 0 Å². The van der Waals surface area contributed by atoms with Gasteiger partial charge in [0.2, 0.25) is 0 Å². The monoisotopic (exact) mass is 278 g/mol. The van der Waals surface area contributed by atoms with Gasteiger partial charge in [0, 0.05) is 29.9 Å². The zero-order chi connectivity index (χ0) is 14.5. The molecule has 1 aromatic carbocycles. The summed E-state index contributed by atoms with van der Waals surface area (Å²) in [6.07, 6.45) is 4.62. The number of hydrogen-bond donors (Lipinski definition) is 1. The van der Waals surface area contributed by atoms with E-state index >= 15 is 0 Å². The summed E-state index contributed by atoms with van der Waals surface area (Å²) >= 11 is 0. The summed E-state index contributed by atoms with van der Waals surface area (Å²) in [4.78, 5) is 2.44. The van der Waals surface area contributed by atoms with Crippen molar-refractivity contribution < 1.29 is 4.39 Å². The topological polar surface area (TPSA) is 15.3 Å². The van der Waals surface area contributed by atoms with Gasteiger partial charge in [-0.15, -0.1) is 0 Å². The van der Waals surface area contributed by atoms with Gasteiger partial charge in [-0.25, -0.2) is 4.39 Å². The highest BCUT2D eigenvalue weighted by atomic mass is 19.1. The molecule has 0 aliphatic carbocycles. The average Bonchev–Trinajstić information content (AvgIpc) is 2.81. The van der Waals surface area contributed by atoms with Crippen LogP contribution < -0.4 is 10.2 Å². The summed E-state index contributed by atoms with van der Waals surface area (Å²) in [7, 11) is 0. The normalized spacial score (nSPS) is 22.5. The Labute approximate surface area is 122 Å². The van der Waals surface area contributed by atoms with Crippen LogP contribution in [0.5, 0.6) is 0 Å². The molecule has 2 atom stereocenters. The van der Waals surface area contributed by atoms with Crippen LogP contribution in [-0.4, -0.2) is 18.6 Å². The minimum absolute atomic E-state index is 0.0833. The van der Waals surface area contributed by atoms with Crippen molar-refractivity contribution in [2.75, 3.05) is 11.4 Å². The molecular weight excluding hydrogens is 251 g/mol.